The third-order valence-corrected chi connectivity index (χ3v) is 4.91. The van der Waals surface area contributed by atoms with Crippen molar-refractivity contribution < 1.29 is 9.90 Å². The number of carbonyl (C=O) groups is 1. The number of nitrogens with two attached hydrogens (primary N) is 1. The van der Waals surface area contributed by atoms with Crippen molar-refractivity contribution in [3.8, 4) is 5.75 Å². The molecule has 20 heavy (non-hydrogen) atoms. The number of phenolic OH excluding ortho intramolecular Hbond substituents is 1. The Morgan fingerprint density at radius 3 is 2.90 bits per heavy atom. The minimum absolute atomic E-state index is 0.0622. The lowest BCUT2D eigenvalue weighted by atomic mass is 9.78. The third-order valence-electron chi connectivity index (χ3n) is 4.91. The molecule has 3 unspecified atom stereocenters. The molecule has 1 aliphatic heterocycles. The number of fused-ring (bicyclic) bond motifs is 1. The highest BCUT2D eigenvalue weighted by molar-refractivity contribution is 5.97. The van der Waals surface area contributed by atoms with Crippen LogP contribution in [0.1, 0.15) is 35.2 Å². The van der Waals surface area contributed by atoms with Crippen molar-refractivity contribution in [1.29, 1.82) is 0 Å². The van der Waals surface area contributed by atoms with Crippen LogP contribution in [0.5, 0.6) is 5.75 Å². The van der Waals surface area contributed by atoms with Crippen LogP contribution in [0.2, 0.25) is 0 Å². The molecular formula is C16H22N2O2. The number of amides is 1. The van der Waals surface area contributed by atoms with Crippen molar-refractivity contribution in [3.05, 3.63) is 29.3 Å². The van der Waals surface area contributed by atoms with E-state index in [0.717, 1.165) is 25.1 Å². The van der Waals surface area contributed by atoms with Crippen LogP contribution in [-0.2, 0) is 0 Å². The standard InChI is InChI=1S/C16H22N2O2/c1-10-4-2-6-12(15(10)19)16(20)18-8-11-5-3-7-14(17)13(11)9-18/h2,4,6,11,13-14,19H,3,5,7-9,17H2,1H3. The molecule has 1 aromatic rings. The van der Waals surface area contributed by atoms with Gasteiger partial charge in [-0.3, -0.25) is 4.79 Å². The molecule has 0 radical (unpaired) electrons. The van der Waals surface area contributed by atoms with E-state index in [1.165, 1.54) is 12.8 Å². The molecule has 1 aliphatic carbocycles. The van der Waals surface area contributed by atoms with Gasteiger partial charge in [0.05, 0.1) is 5.56 Å². The summed E-state index contributed by atoms with van der Waals surface area (Å²) in [6.45, 7) is 3.33. The van der Waals surface area contributed by atoms with E-state index in [2.05, 4.69) is 0 Å². The van der Waals surface area contributed by atoms with Gasteiger partial charge in [-0.25, -0.2) is 0 Å². The van der Waals surface area contributed by atoms with Crippen molar-refractivity contribution in [2.75, 3.05) is 13.1 Å². The molecule has 2 aliphatic rings. The lowest BCUT2D eigenvalue weighted by molar-refractivity contribution is 0.0780. The molecule has 1 amide bonds. The molecule has 4 nitrogen and oxygen atoms in total. The Kier molecular flexibility index (Phi) is 3.42. The number of rotatable bonds is 1. The number of hydrogen-bond donors (Lipinski definition) is 2. The Bertz CT molecular complexity index is 529. The second-order valence-electron chi connectivity index (χ2n) is 6.20. The molecule has 2 fully saturated rings. The summed E-state index contributed by atoms with van der Waals surface area (Å²) in [5, 5.41) is 10.1. The van der Waals surface area contributed by atoms with Crippen molar-refractivity contribution in [2.45, 2.75) is 32.2 Å². The molecule has 1 saturated heterocycles. The zero-order valence-corrected chi connectivity index (χ0v) is 11.9. The number of benzene rings is 1. The average Bonchev–Trinajstić information content (AvgIpc) is 2.87. The zero-order valence-electron chi connectivity index (χ0n) is 11.9. The lowest BCUT2D eigenvalue weighted by Crippen LogP contribution is -2.38. The number of aromatic hydroxyl groups is 1. The Balaban J connectivity index is 1.80. The first-order valence-corrected chi connectivity index (χ1v) is 7.41. The van der Waals surface area contributed by atoms with Gasteiger partial charge in [0.2, 0.25) is 0 Å². The van der Waals surface area contributed by atoms with E-state index >= 15 is 0 Å². The summed E-state index contributed by atoms with van der Waals surface area (Å²) in [5.41, 5.74) is 7.34. The molecule has 1 heterocycles. The van der Waals surface area contributed by atoms with Crippen molar-refractivity contribution >= 4 is 5.91 Å². The van der Waals surface area contributed by atoms with Crippen LogP contribution in [0.25, 0.3) is 0 Å². The van der Waals surface area contributed by atoms with E-state index in [9.17, 15) is 9.90 Å². The number of carbonyl (C=O) groups excluding carboxylic acids is 1. The largest absolute Gasteiger partial charge is 0.507 e. The number of nitrogens with zero attached hydrogens (tertiary/aromatic N) is 1. The maximum Gasteiger partial charge on any atom is 0.257 e. The van der Waals surface area contributed by atoms with Crippen molar-refractivity contribution in [2.24, 2.45) is 17.6 Å². The minimum Gasteiger partial charge on any atom is -0.507 e. The van der Waals surface area contributed by atoms with Crippen LogP contribution < -0.4 is 5.73 Å². The number of likely N-dealkylation sites (tertiary alicyclic amines) is 1. The number of para-hydroxylation sites is 1. The normalized spacial score (nSPS) is 29.3. The summed E-state index contributed by atoms with van der Waals surface area (Å²) >= 11 is 0. The van der Waals surface area contributed by atoms with E-state index in [1.54, 1.807) is 6.07 Å². The summed E-state index contributed by atoms with van der Waals surface area (Å²) in [7, 11) is 0. The maximum absolute atomic E-state index is 12.6. The predicted molar refractivity (Wildman–Crippen MR) is 77.6 cm³/mol. The SMILES string of the molecule is Cc1cccc(C(=O)N2CC3CCCC(N)C3C2)c1O. The first-order chi connectivity index (χ1) is 9.58. The van der Waals surface area contributed by atoms with E-state index in [1.807, 2.05) is 24.0 Å². The van der Waals surface area contributed by atoms with Gasteiger partial charge in [0, 0.05) is 19.1 Å². The van der Waals surface area contributed by atoms with Gasteiger partial charge >= 0.3 is 0 Å². The van der Waals surface area contributed by atoms with Crippen molar-refractivity contribution in [3.63, 3.8) is 0 Å². The summed E-state index contributed by atoms with van der Waals surface area (Å²) in [4.78, 5) is 14.5. The fraction of sp³-hybridized carbons (Fsp3) is 0.562. The second kappa shape index (κ2) is 5.09. The van der Waals surface area contributed by atoms with Gasteiger partial charge in [0.1, 0.15) is 5.75 Å². The quantitative estimate of drug-likeness (QED) is 0.822. The van der Waals surface area contributed by atoms with E-state index < -0.39 is 0 Å². The number of hydrogen-bond acceptors (Lipinski definition) is 3. The molecule has 4 heteroatoms. The second-order valence-corrected chi connectivity index (χ2v) is 6.20. The number of phenols is 1. The highest BCUT2D eigenvalue weighted by atomic mass is 16.3. The fourth-order valence-corrected chi connectivity index (χ4v) is 3.68. The third kappa shape index (κ3) is 2.18. The van der Waals surface area contributed by atoms with Gasteiger partial charge in [0.25, 0.3) is 5.91 Å². The zero-order chi connectivity index (χ0) is 14.3. The molecule has 3 N–H and O–H groups in total. The maximum atomic E-state index is 12.6. The van der Waals surface area contributed by atoms with Crippen LogP contribution in [0.15, 0.2) is 18.2 Å². The highest BCUT2D eigenvalue weighted by Crippen LogP contribution is 2.36. The number of aryl methyl sites for hydroxylation is 1. The first-order valence-electron chi connectivity index (χ1n) is 7.41. The molecule has 0 bridgehead atoms. The summed E-state index contributed by atoms with van der Waals surface area (Å²) < 4.78 is 0. The Hall–Kier alpha value is -1.55. The average molecular weight is 274 g/mol. The van der Waals surface area contributed by atoms with Crippen LogP contribution >= 0.6 is 0 Å². The smallest absolute Gasteiger partial charge is 0.257 e. The van der Waals surface area contributed by atoms with Crippen molar-refractivity contribution in [1.82, 2.24) is 4.90 Å². The van der Waals surface area contributed by atoms with Gasteiger partial charge < -0.3 is 15.7 Å². The highest BCUT2D eigenvalue weighted by Gasteiger charge is 2.40. The minimum atomic E-state index is -0.0622. The lowest BCUT2D eigenvalue weighted by Gasteiger charge is -2.29. The molecule has 1 aromatic carbocycles. The van der Waals surface area contributed by atoms with E-state index in [4.69, 9.17) is 5.73 Å². The monoisotopic (exact) mass is 274 g/mol. The topological polar surface area (TPSA) is 66.6 Å². The van der Waals surface area contributed by atoms with Gasteiger partial charge in [-0.1, -0.05) is 18.6 Å². The van der Waals surface area contributed by atoms with Crippen LogP contribution in [-0.4, -0.2) is 35.0 Å². The molecule has 0 aromatic heterocycles. The van der Waals surface area contributed by atoms with Gasteiger partial charge in [-0.2, -0.15) is 0 Å². The van der Waals surface area contributed by atoms with E-state index in [-0.39, 0.29) is 17.7 Å². The molecule has 3 atom stereocenters. The molecule has 108 valence electrons. The van der Waals surface area contributed by atoms with E-state index in [0.29, 0.717) is 17.4 Å². The Labute approximate surface area is 119 Å². The summed E-state index contributed by atoms with van der Waals surface area (Å²) in [6, 6.07) is 5.55. The van der Waals surface area contributed by atoms with Crippen LogP contribution in [0.4, 0.5) is 0 Å². The molecule has 3 rings (SSSR count). The summed E-state index contributed by atoms with van der Waals surface area (Å²) in [6.07, 6.45) is 3.40. The van der Waals surface area contributed by atoms with Gasteiger partial charge in [-0.05, 0) is 43.2 Å². The van der Waals surface area contributed by atoms with Gasteiger partial charge in [0.15, 0.2) is 0 Å². The van der Waals surface area contributed by atoms with Crippen LogP contribution in [0, 0.1) is 18.8 Å². The first kappa shape index (κ1) is 13.4. The van der Waals surface area contributed by atoms with Gasteiger partial charge in [-0.15, -0.1) is 0 Å². The predicted octanol–water partition coefficient (Wildman–Crippen LogP) is 1.90. The fourth-order valence-electron chi connectivity index (χ4n) is 3.68. The molecule has 0 spiro atoms. The summed E-state index contributed by atoms with van der Waals surface area (Å²) in [5.74, 6) is 1.01. The van der Waals surface area contributed by atoms with Crippen LogP contribution in [0.3, 0.4) is 0 Å². The molecular weight excluding hydrogens is 252 g/mol. The Morgan fingerprint density at radius 1 is 1.35 bits per heavy atom. The molecule has 1 saturated carbocycles. The Morgan fingerprint density at radius 2 is 2.15 bits per heavy atom.